The van der Waals surface area contributed by atoms with Gasteiger partial charge in [0.25, 0.3) is 5.91 Å². The smallest absolute Gasteiger partial charge is 0.276 e. The molecule has 80 valence electrons. The van der Waals surface area contributed by atoms with Crippen LogP contribution in [-0.4, -0.2) is 45.2 Å². The second-order valence-electron chi connectivity index (χ2n) is 3.56. The number of β-amino-alcohol motifs (C(OH)–C–C–N with tert-alkyl or cyclic N) is 1. The molecule has 0 spiro atoms. The average molecular weight is 208 g/mol. The molecule has 0 unspecified atom stereocenters. The number of pyridine rings is 1. The highest BCUT2D eigenvalue weighted by atomic mass is 16.3. The molecule has 1 aliphatic heterocycles. The van der Waals surface area contributed by atoms with Crippen molar-refractivity contribution >= 4 is 5.91 Å². The fourth-order valence-corrected chi connectivity index (χ4v) is 1.64. The Balaban J connectivity index is 2.18. The summed E-state index contributed by atoms with van der Waals surface area (Å²) in [6, 6.07) is 2.98. The van der Waals surface area contributed by atoms with Crippen molar-refractivity contribution in [3.05, 3.63) is 24.0 Å². The van der Waals surface area contributed by atoms with Crippen LogP contribution in [0.25, 0.3) is 0 Å². The van der Waals surface area contributed by atoms with Crippen molar-refractivity contribution in [2.75, 3.05) is 13.1 Å². The lowest BCUT2D eigenvalue weighted by molar-refractivity contribution is 0.0756. The molecule has 5 heteroatoms. The lowest BCUT2D eigenvalue weighted by atomic mass is 10.3. The minimum atomic E-state index is -0.459. The Morgan fingerprint density at radius 1 is 1.60 bits per heavy atom. The first-order valence-corrected chi connectivity index (χ1v) is 4.80. The van der Waals surface area contributed by atoms with Gasteiger partial charge in [-0.15, -0.1) is 0 Å². The first-order valence-electron chi connectivity index (χ1n) is 4.80. The van der Waals surface area contributed by atoms with Gasteiger partial charge in [-0.1, -0.05) is 0 Å². The molecule has 1 saturated heterocycles. The van der Waals surface area contributed by atoms with Crippen LogP contribution in [0.15, 0.2) is 18.3 Å². The van der Waals surface area contributed by atoms with E-state index in [1.807, 2.05) is 0 Å². The molecule has 1 aliphatic rings. The fraction of sp³-hybridized carbons (Fsp3) is 0.400. The quantitative estimate of drug-likeness (QED) is 0.681. The number of hydrogen-bond acceptors (Lipinski definition) is 4. The first kappa shape index (κ1) is 9.92. The maximum Gasteiger partial charge on any atom is 0.276 e. The number of nitrogens with zero attached hydrogens (tertiary/aromatic N) is 2. The molecule has 1 aromatic heterocycles. The molecule has 2 heterocycles. The summed E-state index contributed by atoms with van der Waals surface area (Å²) in [5.41, 5.74) is 0.0478. The Hall–Kier alpha value is -1.62. The van der Waals surface area contributed by atoms with Crippen LogP contribution in [0.2, 0.25) is 0 Å². The zero-order chi connectivity index (χ0) is 10.8. The van der Waals surface area contributed by atoms with Crippen molar-refractivity contribution in [1.82, 2.24) is 9.88 Å². The van der Waals surface area contributed by atoms with Crippen LogP contribution >= 0.6 is 0 Å². The van der Waals surface area contributed by atoms with E-state index in [2.05, 4.69) is 4.98 Å². The van der Waals surface area contributed by atoms with Crippen molar-refractivity contribution in [3.63, 3.8) is 0 Å². The van der Waals surface area contributed by atoms with E-state index in [1.165, 1.54) is 17.2 Å². The van der Waals surface area contributed by atoms with Crippen LogP contribution in [0, 0.1) is 0 Å². The van der Waals surface area contributed by atoms with Gasteiger partial charge in [0, 0.05) is 19.3 Å². The third-order valence-corrected chi connectivity index (χ3v) is 2.44. The molecule has 1 amide bonds. The van der Waals surface area contributed by atoms with Gasteiger partial charge in [-0.05, 0) is 18.6 Å². The van der Waals surface area contributed by atoms with Gasteiger partial charge >= 0.3 is 0 Å². The van der Waals surface area contributed by atoms with Gasteiger partial charge in [0.2, 0.25) is 0 Å². The van der Waals surface area contributed by atoms with E-state index in [4.69, 9.17) is 0 Å². The molecule has 0 radical (unpaired) electrons. The molecular formula is C10H12N2O3. The summed E-state index contributed by atoms with van der Waals surface area (Å²) < 4.78 is 0. The summed E-state index contributed by atoms with van der Waals surface area (Å²) in [5, 5.41) is 18.7. The van der Waals surface area contributed by atoms with Gasteiger partial charge in [0.05, 0.1) is 6.10 Å². The van der Waals surface area contributed by atoms with Crippen molar-refractivity contribution in [3.8, 4) is 5.75 Å². The summed E-state index contributed by atoms with van der Waals surface area (Å²) in [4.78, 5) is 17.1. The molecule has 5 nitrogen and oxygen atoms in total. The highest BCUT2D eigenvalue weighted by Gasteiger charge is 2.27. The molecular weight excluding hydrogens is 196 g/mol. The van der Waals surface area contributed by atoms with Crippen LogP contribution < -0.4 is 0 Å². The van der Waals surface area contributed by atoms with Crippen molar-refractivity contribution in [2.45, 2.75) is 12.5 Å². The Morgan fingerprint density at radius 2 is 2.40 bits per heavy atom. The molecule has 0 bridgehead atoms. The monoisotopic (exact) mass is 208 g/mol. The minimum absolute atomic E-state index is 0.0478. The van der Waals surface area contributed by atoms with Gasteiger partial charge in [0.1, 0.15) is 5.75 Å². The molecule has 1 atom stereocenters. The Kier molecular flexibility index (Phi) is 2.55. The summed E-state index contributed by atoms with van der Waals surface area (Å²) in [6.45, 7) is 0.824. The normalized spacial score (nSPS) is 20.6. The average Bonchev–Trinajstić information content (AvgIpc) is 2.65. The number of amides is 1. The molecule has 15 heavy (non-hydrogen) atoms. The maximum absolute atomic E-state index is 11.8. The van der Waals surface area contributed by atoms with E-state index >= 15 is 0 Å². The van der Waals surface area contributed by atoms with Crippen molar-refractivity contribution < 1.29 is 15.0 Å². The SMILES string of the molecule is O=C(c1ncccc1O)N1CC[C@@H](O)C1. The predicted octanol–water partition coefficient (Wildman–Crippen LogP) is -0.00600. The van der Waals surface area contributed by atoms with Crippen LogP contribution in [0.4, 0.5) is 0 Å². The minimum Gasteiger partial charge on any atom is -0.505 e. The van der Waals surface area contributed by atoms with Crippen LogP contribution in [0.1, 0.15) is 16.9 Å². The number of rotatable bonds is 1. The number of likely N-dealkylation sites (tertiary alicyclic amines) is 1. The molecule has 0 saturated carbocycles. The number of carbonyl (C=O) groups excluding carboxylic acids is 1. The summed E-state index contributed by atoms with van der Waals surface area (Å²) in [6.07, 6.45) is 1.58. The van der Waals surface area contributed by atoms with Gasteiger partial charge < -0.3 is 15.1 Å². The van der Waals surface area contributed by atoms with Crippen LogP contribution in [0.3, 0.4) is 0 Å². The number of aromatic nitrogens is 1. The van der Waals surface area contributed by atoms with E-state index in [0.29, 0.717) is 19.5 Å². The third kappa shape index (κ3) is 1.92. The molecule has 1 fully saturated rings. The maximum atomic E-state index is 11.8. The molecule has 2 N–H and O–H groups in total. The summed E-state index contributed by atoms with van der Waals surface area (Å²) >= 11 is 0. The van der Waals surface area contributed by atoms with Gasteiger partial charge in [0.15, 0.2) is 5.69 Å². The first-order chi connectivity index (χ1) is 7.18. The number of hydrogen-bond donors (Lipinski definition) is 2. The van der Waals surface area contributed by atoms with Crippen molar-refractivity contribution in [1.29, 1.82) is 0 Å². The highest BCUT2D eigenvalue weighted by molar-refractivity contribution is 5.94. The number of aliphatic hydroxyl groups is 1. The van der Waals surface area contributed by atoms with Crippen molar-refractivity contribution in [2.24, 2.45) is 0 Å². The molecule has 0 aromatic carbocycles. The highest BCUT2D eigenvalue weighted by Crippen LogP contribution is 2.18. The van der Waals surface area contributed by atoms with E-state index in [0.717, 1.165) is 0 Å². The number of carbonyl (C=O) groups is 1. The third-order valence-electron chi connectivity index (χ3n) is 2.44. The predicted molar refractivity (Wildman–Crippen MR) is 52.4 cm³/mol. The molecule has 0 aliphatic carbocycles. The standard InChI is InChI=1S/C10H12N2O3/c13-7-3-5-12(6-7)10(15)9-8(14)2-1-4-11-9/h1-2,4,7,13-14H,3,5-6H2/t7-/m1/s1. The zero-order valence-corrected chi connectivity index (χ0v) is 8.13. The topological polar surface area (TPSA) is 73.7 Å². The Morgan fingerprint density at radius 3 is 3.00 bits per heavy atom. The Labute approximate surface area is 87.0 Å². The summed E-state index contributed by atoms with van der Waals surface area (Å²) in [5.74, 6) is -0.450. The van der Waals surface area contributed by atoms with Crippen LogP contribution in [0.5, 0.6) is 5.75 Å². The van der Waals surface area contributed by atoms with E-state index in [9.17, 15) is 15.0 Å². The van der Waals surface area contributed by atoms with E-state index < -0.39 is 6.10 Å². The fourth-order valence-electron chi connectivity index (χ4n) is 1.64. The number of aliphatic hydroxyl groups excluding tert-OH is 1. The second kappa shape index (κ2) is 3.86. The number of aromatic hydroxyl groups is 1. The van der Waals surface area contributed by atoms with Crippen LogP contribution in [-0.2, 0) is 0 Å². The Bertz CT molecular complexity index is 381. The molecule has 2 rings (SSSR count). The molecule has 1 aromatic rings. The van der Waals surface area contributed by atoms with Gasteiger partial charge in [-0.3, -0.25) is 4.79 Å². The second-order valence-corrected chi connectivity index (χ2v) is 3.56. The van der Waals surface area contributed by atoms with E-state index in [1.54, 1.807) is 6.07 Å². The lowest BCUT2D eigenvalue weighted by Gasteiger charge is -2.15. The zero-order valence-electron chi connectivity index (χ0n) is 8.13. The summed E-state index contributed by atoms with van der Waals surface area (Å²) in [7, 11) is 0. The van der Waals surface area contributed by atoms with E-state index in [-0.39, 0.29) is 17.4 Å². The van der Waals surface area contributed by atoms with Gasteiger partial charge in [-0.2, -0.15) is 0 Å². The lowest BCUT2D eigenvalue weighted by Crippen LogP contribution is -2.30. The van der Waals surface area contributed by atoms with Gasteiger partial charge in [-0.25, -0.2) is 4.98 Å². The largest absolute Gasteiger partial charge is 0.505 e.